The second-order valence-corrected chi connectivity index (χ2v) is 5.91. The molecule has 5 heteroatoms. The number of hydrogen-bond donors (Lipinski definition) is 1. The summed E-state index contributed by atoms with van der Waals surface area (Å²) in [5.74, 6) is 0.896. The van der Waals surface area contributed by atoms with Crippen LogP contribution in [-0.2, 0) is 4.74 Å². The molecule has 2 atom stereocenters. The zero-order valence-electron chi connectivity index (χ0n) is 11.4. The van der Waals surface area contributed by atoms with Gasteiger partial charge in [-0.05, 0) is 37.7 Å². The molecule has 104 valence electrons. The van der Waals surface area contributed by atoms with Crippen LogP contribution in [0, 0.1) is 0 Å². The van der Waals surface area contributed by atoms with Crippen LogP contribution >= 0.6 is 11.8 Å². The fraction of sp³-hybridized carbons (Fsp3) is 0.571. The van der Waals surface area contributed by atoms with E-state index in [2.05, 4.69) is 17.2 Å². The van der Waals surface area contributed by atoms with E-state index >= 15 is 0 Å². The molecule has 0 spiro atoms. The summed E-state index contributed by atoms with van der Waals surface area (Å²) in [5, 5.41) is 3.90. The number of pyridine rings is 1. The van der Waals surface area contributed by atoms with Gasteiger partial charge in [-0.2, -0.15) is 0 Å². The Bertz CT molecular complexity index is 433. The number of hydrogen-bond acceptors (Lipinski definition) is 4. The molecule has 1 aromatic rings. The Morgan fingerprint density at radius 1 is 1.68 bits per heavy atom. The average molecular weight is 280 g/mol. The second-order valence-electron chi connectivity index (χ2n) is 4.63. The molecular weight excluding hydrogens is 260 g/mol. The molecule has 1 aliphatic rings. The lowest BCUT2D eigenvalue weighted by atomic mass is 10.1. The van der Waals surface area contributed by atoms with Crippen LogP contribution in [0.15, 0.2) is 23.4 Å². The van der Waals surface area contributed by atoms with Gasteiger partial charge in [0.15, 0.2) is 0 Å². The molecule has 1 fully saturated rings. The van der Waals surface area contributed by atoms with Crippen LogP contribution in [0.1, 0.15) is 37.0 Å². The van der Waals surface area contributed by atoms with Crippen LogP contribution in [0.3, 0.4) is 0 Å². The van der Waals surface area contributed by atoms with Gasteiger partial charge < -0.3 is 10.1 Å². The number of nitrogens with zero attached hydrogens (tertiary/aromatic N) is 1. The third-order valence-electron chi connectivity index (χ3n) is 3.17. The van der Waals surface area contributed by atoms with Gasteiger partial charge in [-0.3, -0.25) is 4.79 Å². The third kappa shape index (κ3) is 3.94. The molecule has 2 unspecified atom stereocenters. The number of carbonyl (C=O) groups is 1. The standard InChI is InChI=1S/C14H20N2O2S/c1-3-19-13-9-11(6-7-15-13)14(17)16-10(2)12-5-4-8-18-12/h6-7,9-10,12H,3-5,8H2,1-2H3,(H,16,17). The zero-order chi connectivity index (χ0) is 13.7. The smallest absolute Gasteiger partial charge is 0.251 e. The Morgan fingerprint density at radius 2 is 2.53 bits per heavy atom. The number of thioether (sulfide) groups is 1. The van der Waals surface area contributed by atoms with Gasteiger partial charge in [0.05, 0.1) is 17.2 Å². The lowest BCUT2D eigenvalue weighted by Gasteiger charge is -2.20. The van der Waals surface area contributed by atoms with Gasteiger partial charge in [0.1, 0.15) is 0 Å². The Morgan fingerprint density at radius 3 is 3.21 bits per heavy atom. The quantitative estimate of drug-likeness (QED) is 0.842. The SMILES string of the molecule is CCSc1cc(C(=O)NC(C)C2CCCO2)ccn1. The molecule has 1 aliphatic heterocycles. The van der Waals surface area contributed by atoms with Gasteiger partial charge in [-0.15, -0.1) is 11.8 Å². The monoisotopic (exact) mass is 280 g/mol. The minimum absolute atomic E-state index is 0.0467. The van der Waals surface area contributed by atoms with Crippen molar-refractivity contribution in [3.05, 3.63) is 23.9 Å². The summed E-state index contributed by atoms with van der Waals surface area (Å²) < 4.78 is 5.58. The predicted molar refractivity (Wildman–Crippen MR) is 76.5 cm³/mol. The van der Waals surface area contributed by atoms with Crippen LogP contribution in [-0.4, -0.2) is 35.4 Å². The molecule has 1 N–H and O–H groups in total. The van der Waals surface area contributed by atoms with E-state index in [-0.39, 0.29) is 18.1 Å². The first-order valence-electron chi connectivity index (χ1n) is 6.72. The molecule has 1 aromatic heterocycles. The maximum absolute atomic E-state index is 12.2. The molecular formula is C14H20N2O2S. The summed E-state index contributed by atoms with van der Waals surface area (Å²) in [6.45, 7) is 4.87. The van der Waals surface area contributed by atoms with E-state index in [1.165, 1.54) is 0 Å². The largest absolute Gasteiger partial charge is 0.376 e. The van der Waals surface area contributed by atoms with Crippen LogP contribution in [0.5, 0.6) is 0 Å². The minimum atomic E-state index is -0.0525. The van der Waals surface area contributed by atoms with E-state index in [0.717, 1.165) is 30.2 Å². The van der Waals surface area contributed by atoms with Gasteiger partial charge in [-0.25, -0.2) is 4.98 Å². The molecule has 2 rings (SSSR count). The van der Waals surface area contributed by atoms with Crippen molar-refractivity contribution in [3.8, 4) is 0 Å². The van der Waals surface area contributed by atoms with Gasteiger partial charge in [0.25, 0.3) is 5.91 Å². The highest BCUT2D eigenvalue weighted by molar-refractivity contribution is 7.99. The lowest BCUT2D eigenvalue weighted by Crippen LogP contribution is -2.40. The van der Waals surface area contributed by atoms with E-state index in [9.17, 15) is 4.79 Å². The molecule has 0 radical (unpaired) electrons. The Hall–Kier alpha value is -1.07. The molecule has 1 saturated heterocycles. The lowest BCUT2D eigenvalue weighted by molar-refractivity contribution is 0.0712. The van der Waals surface area contributed by atoms with Crippen LogP contribution in [0.25, 0.3) is 0 Å². The van der Waals surface area contributed by atoms with Crippen LogP contribution < -0.4 is 5.32 Å². The summed E-state index contributed by atoms with van der Waals surface area (Å²) in [6.07, 6.45) is 3.94. The van der Waals surface area contributed by atoms with Crippen molar-refractivity contribution in [2.45, 2.75) is 43.9 Å². The highest BCUT2D eigenvalue weighted by Gasteiger charge is 2.24. The number of nitrogens with one attached hydrogen (secondary N) is 1. The van der Waals surface area contributed by atoms with E-state index < -0.39 is 0 Å². The van der Waals surface area contributed by atoms with Crippen LogP contribution in [0.2, 0.25) is 0 Å². The highest BCUT2D eigenvalue weighted by atomic mass is 32.2. The molecule has 19 heavy (non-hydrogen) atoms. The number of ether oxygens (including phenoxy) is 1. The van der Waals surface area contributed by atoms with E-state index in [1.54, 1.807) is 24.0 Å². The summed E-state index contributed by atoms with van der Waals surface area (Å²) in [7, 11) is 0. The van der Waals surface area contributed by atoms with E-state index in [4.69, 9.17) is 4.74 Å². The average Bonchev–Trinajstić information content (AvgIpc) is 2.93. The van der Waals surface area contributed by atoms with E-state index in [1.807, 2.05) is 13.0 Å². The van der Waals surface area contributed by atoms with Gasteiger partial charge in [0, 0.05) is 18.4 Å². The normalized spacial score (nSPS) is 20.2. The van der Waals surface area contributed by atoms with Crippen molar-refractivity contribution in [3.63, 3.8) is 0 Å². The molecule has 2 heterocycles. The summed E-state index contributed by atoms with van der Waals surface area (Å²) in [4.78, 5) is 16.4. The van der Waals surface area contributed by atoms with Gasteiger partial charge in [-0.1, -0.05) is 6.92 Å². The minimum Gasteiger partial charge on any atom is -0.376 e. The number of aromatic nitrogens is 1. The number of rotatable bonds is 5. The van der Waals surface area contributed by atoms with Crippen molar-refractivity contribution in [1.29, 1.82) is 0 Å². The van der Waals surface area contributed by atoms with Crippen molar-refractivity contribution < 1.29 is 9.53 Å². The number of amides is 1. The summed E-state index contributed by atoms with van der Waals surface area (Å²) >= 11 is 1.64. The fourth-order valence-electron chi connectivity index (χ4n) is 2.16. The maximum Gasteiger partial charge on any atom is 0.251 e. The van der Waals surface area contributed by atoms with E-state index in [0.29, 0.717) is 5.56 Å². The summed E-state index contributed by atoms with van der Waals surface area (Å²) in [6, 6.07) is 3.63. The molecule has 4 nitrogen and oxygen atoms in total. The second kappa shape index (κ2) is 6.91. The molecule has 0 aliphatic carbocycles. The third-order valence-corrected chi connectivity index (χ3v) is 3.98. The predicted octanol–water partition coefficient (Wildman–Crippen LogP) is 2.49. The Kier molecular flexibility index (Phi) is 5.22. The topological polar surface area (TPSA) is 51.2 Å². The van der Waals surface area contributed by atoms with Crippen molar-refractivity contribution in [2.24, 2.45) is 0 Å². The molecule has 0 saturated carbocycles. The van der Waals surface area contributed by atoms with Crippen LogP contribution in [0.4, 0.5) is 0 Å². The first-order chi connectivity index (χ1) is 9.20. The van der Waals surface area contributed by atoms with Crippen molar-refractivity contribution in [2.75, 3.05) is 12.4 Å². The maximum atomic E-state index is 12.2. The molecule has 0 aromatic carbocycles. The zero-order valence-corrected chi connectivity index (χ0v) is 12.2. The molecule has 0 bridgehead atoms. The molecule has 1 amide bonds. The van der Waals surface area contributed by atoms with Crippen molar-refractivity contribution >= 4 is 17.7 Å². The Labute approximate surface area is 118 Å². The number of carbonyl (C=O) groups excluding carboxylic acids is 1. The van der Waals surface area contributed by atoms with Gasteiger partial charge in [0.2, 0.25) is 0 Å². The first kappa shape index (κ1) is 14.3. The highest BCUT2D eigenvalue weighted by Crippen LogP contribution is 2.17. The first-order valence-corrected chi connectivity index (χ1v) is 7.70. The summed E-state index contributed by atoms with van der Waals surface area (Å²) in [5.41, 5.74) is 0.663. The van der Waals surface area contributed by atoms with Gasteiger partial charge >= 0.3 is 0 Å². The van der Waals surface area contributed by atoms with Crippen molar-refractivity contribution in [1.82, 2.24) is 10.3 Å². The fourth-order valence-corrected chi connectivity index (χ4v) is 2.80. The Balaban J connectivity index is 1.96.